The molecule has 4 nitrogen and oxygen atoms in total. The average molecular weight is 296 g/mol. The van der Waals surface area contributed by atoms with E-state index in [9.17, 15) is 13.6 Å². The van der Waals surface area contributed by atoms with Gasteiger partial charge < -0.3 is 9.64 Å². The predicted octanol–water partition coefficient (Wildman–Crippen LogP) is 2.74. The van der Waals surface area contributed by atoms with Crippen molar-refractivity contribution in [1.82, 2.24) is 9.88 Å². The SMILES string of the molecule is O=C(c1ccnc(OCC2CC2)c1)N1CCC(F)(F)CC1. The van der Waals surface area contributed by atoms with Gasteiger partial charge in [0.05, 0.1) is 6.61 Å². The normalized spacial score (nSPS) is 21.1. The molecular weight excluding hydrogens is 278 g/mol. The van der Waals surface area contributed by atoms with E-state index in [4.69, 9.17) is 4.74 Å². The first kappa shape index (κ1) is 14.2. The zero-order valence-electron chi connectivity index (χ0n) is 11.7. The van der Waals surface area contributed by atoms with Gasteiger partial charge in [0, 0.05) is 43.8 Å². The van der Waals surface area contributed by atoms with Gasteiger partial charge in [-0.05, 0) is 24.8 Å². The smallest absolute Gasteiger partial charge is 0.254 e. The average Bonchev–Trinajstić information content (AvgIpc) is 3.29. The number of aromatic nitrogens is 1. The molecule has 1 amide bonds. The number of carbonyl (C=O) groups is 1. The van der Waals surface area contributed by atoms with E-state index >= 15 is 0 Å². The molecule has 114 valence electrons. The minimum atomic E-state index is -2.65. The molecular formula is C15H18F2N2O2. The van der Waals surface area contributed by atoms with E-state index in [1.54, 1.807) is 12.1 Å². The van der Waals surface area contributed by atoms with Gasteiger partial charge in [-0.25, -0.2) is 13.8 Å². The Hall–Kier alpha value is -1.72. The Labute approximate surface area is 122 Å². The number of likely N-dealkylation sites (tertiary alicyclic amines) is 1. The second kappa shape index (κ2) is 5.58. The van der Waals surface area contributed by atoms with E-state index in [1.165, 1.54) is 23.9 Å². The lowest BCUT2D eigenvalue weighted by molar-refractivity contribution is -0.0494. The zero-order chi connectivity index (χ0) is 14.9. The molecule has 0 unspecified atom stereocenters. The largest absolute Gasteiger partial charge is 0.477 e. The molecule has 21 heavy (non-hydrogen) atoms. The van der Waals surface area contributed by atoms with Crippen LogP contribution in [0.2, 0.25) is 0 Å². The zero-order valence-corrected chi connectivity index (χ0v) is 11.7. The molecule has 1 saturated carbocycles. The lowest BCUT2D eigenvalue weighted by Crippen LogP contribution is -2.42. The van der Waals surface area contributed by atoms with E-state index in [2.05, 4.69) is 4.98 Å². The van der Waals surface area contributed by atoms with E-state index in [0.29, 0.717) is 24.0 Å². The molecule has 0 N–H and O–H groups in total. The Balaban J connectivity index is 1.62. The summed E-state index contributed by atoms with van der Waals surface area (Å²) in [6.45, 7) is 0.805. The van der Waals surface area contributed by atoms with Crippen LogP contribution in [0.1, 0.15) is 36.0 Å². The minimum Gasteiger partial charge on any atom is -0.477 e. The number of pyridine rings is 1. The van der Waals surface area contributed by atoms with Crippen LogP contribution in [0.15, 0.2) is 18.3 Å². The molecule has 0 spiro atoms. The fourth-order valence-electron chi connectivity index (χ4n) is 2.33. The highest BCUT2D eigenvalue weighted by Crippen LogP contribution is 2.30. The third-order valence-corrected chi connectivity index (χ3v) is 3.93. The lowest BCUT2D eigenvalue weighted by Gasteiger charge is -2.31. The van der Waals surface area contributed by atoms with Crippen LogP contribution in [0.5, 0.6) is 5.88 Å². The number of hydrogen-bond donors (Lipinski definition) is 0. The monoisotopic (exact) mass is 296 g/mol. The summed E-state index contributed by atoms with van der Waals surface area (Å²) in [6.07, 6.45) is 3.35. The van der Waals surface area contributed by atoms with Gasteiger partial charge in [-0.1, -0.05) is 0 Å². The molecule has 2 heterocycles. The Morgan fingerprint density at radius 1 is 1.38 bits per heavy atom. The summed E-state index contributed by atoms with van der Waals surface area (Å²) < 4.78 is 31.8. The topological polar surface area (TPSA) is 42.4 Å². The van der Waals surface area contributed by atoms with Crippen molar-refractivity contribution >= 4 is 5.91 Å². The van der Waals surface area contributed by atoms with Crippen molar-refractivity contribution in [1.29, 1.82) is 0 Å². The molecule has 0 radical (unpaired) electrons. The lowest BCUT2D eigenvalue weighted by atomic mass is 10.1. The van der Waals surface area contributed by atoms with Gasteiger partial charge in [0.2, 0.25) is 5.88 Å². The first-order valence-electron chi connectivity index (χ1n) is 7.29. The Bertz CT molecular complexity index is 522. The number of piperidine rings is 1. The van der Waals surface area contributed by atoms with Crippen molar-refractivity contribution < 1.29 is 18.3 Å². The molecule has 3 rings (SSSR count). The molecule has 1 aromatic heterocycles. The Morgan fingerprint density at radius 2 is 2.10 bits per heavy atom. The maximum atomic E-state index is 13.1. The van der Waals surface area contributed by atoms with E-state index < -0.39 is 5.92 Å². The predicted molar refractivity (Wildman–Crippen MR) is 72.5 cm³/mol. The van der Waals surface area contributed by atoms with Crippen molar-refractivity contribution in [2.24, 2.45) is 5.92 Å². The highest BCUT2D eigenvalue weighted by molar-refractivity contribution is 5.94. The molecule has 1 aromatic rings. The van der Waals surface area contributed by atoms with Gasteiger partial charge in [0.25, 0.3) is 11.8 Å². The van der Waals surface area contributed by atoms with Crippen molar-refractivity contribution in [2.75, 3.05) is 19.7 Å². The third-order valence-electron chi connectivity index (χ3n) is 3.93. The first-order valence-corrected chi connectivity index (χ1v) is 7.29. The van der Waals surface area contributed by atoms with Gasteiger partial charge in [-0.15, -0.1) is 0 Å². The molecule has 1 aliphatic heterocycles. The van der Waals surface area contributed by atoms with Crippen LogP contribution in [0.3, 0.4) is 0 Å². The van der Waals surface area contributed by atoms with Crippen LogP contribution < -0.4 is 4.74 Å². The van der Waals surface area contributed by atoms with Crippen molar-refractivity contribution in [3.63, 3.8) is 0 Å². The summed E-state index contributed by atoms with van der Waals surface area (Å²) in [6, 6.07) is 3.19. The Morgan fingerprint density at radius 3 is 2.76 bits per heavy atom. The second-order valence-corrected chi connectivity index (χ2v) is 5.79. The molecule has 1 aliphatic carbocycles. The van der Waals surface area contributed by atoms with Crippen LogP contribution in [0.4, 0.5) is 8.78 Å². The number of rotatable bonds is 4. The van der Waals surface area contributed by atoms with E-state index in [-0.39, 0.29) is 31.8 Å². The van der Waals surface area contributed by atoms with E-state index in [1.807, 2.05) is 0 Å². The van der Waals surface area contributed by atoms with Crippen LogP contribution >= 0.6 is 0 Å². The minimum absolute atomic E-state index is 0.0897. The summed E-state index contributed by atoms with van der Waals surface area (Å²) in [7, 11) is 0. The number of ether oxygens (including phenoxy) is 1. The van der Waals surface area contributed by atoms with Crippen molar-refractivity contribution in [3.05, 3.63) is 23.9 Å². The molecule has 1 saturated heterocycles. The van der Waals surface area contributed by atoms with Gasteiger partial charge in [-0.2, -0.15) is 0 Å². The maximum Gasteiger partial charge on any atom is 0.254 e. The van der Waals surface area contributed by atoms with Crippen LogP contribution in [0, 0.1) is 5.92 Å². The molecule has 2 fully saturated rings. The van der Waals surface area contributed by atoms with Crippen molar-refractivity contribution in [3.8, 4) is 5.88 Å². The summed E-state index contributed by atoms with van der Waals surface area (Å²) in [5.74, 6) is -1.84. The summed E-state index contributed by atoms with van der Waals surface area (Å²) in [5, 5.41) is 0. The third kappa shape index (κ3) is 3.68. The van der Waals surface area contributed by atoms with Gasteiger partial charge >= 0.3 is 0 Å². The number of amides is 1. The van der Waals surface area contributed by atoms with Crippen molar-refractivity contribution in [2.45, 2.75) is 31.6 Å². The standard InChI is InChI=1S/C15H18F2N2O2/c16-15(17)4-7-19(8-5-15)14(20)12-3-6-18-13(9-12)21-10-11-1-2-11/h3,6,9,11H,1-2,4-5,7-8,10H2. The maximum absolute atomic E-state index is 13.1. The molecule has 0 bridgehead atoms. The van der Waals surface area contributed by atoms with Gasteiger partial charge in [0.1, 0.15) is 0 Å². The highest BCUT2D eigenvalue weighted by Gasteiger charge is 2.35. The van der Waals surface area contributed by atoms with Crippen LogP contribution in [-0.2, 0) is 0 Å². The van der Waals surface area contributed by atoms with E-state index in [0.717, 1.165) is 0 Å². The number of carbonyl (C=O) groups excluding carboxylic acids is 1. The fraction of sp³-hybridized carbons (Fsp3) is 0.600. The fourth-order valence-corrected chi connectivity index (χ4v) is 2.33. The first-order chi connectivity index (χ1) is 10.0. The summed E-state index contributed by atoms with van der Waals surface area (Å²) in [4.78, 5) is 17.9. The highest BCUT2D eigenvalue weighted by atomic mass is 19.3. The second-order valence-electron chi connectivity index (χ2n) is 5.79. The number of halogens is 2. The van der Waals surface area contributed by atoms with Gasteiger partial charge in [0.15, 0.2) is 0 Å². The number of hydrogen-bond acceptors (Lipinski definition) is 3. The van der Waals surface area contributed by atoms with Crippen LogP contribution in [0.25, 0.3) is 0 Å². The molecule has 2 aliphatic rings. The number of nitrogens with zero attached hydrogens (tertiary/aromatic N) is 2. The molecule has 0 aromatic carbocycles. The van der Waals surface area contributed by atoms with Crippen LogP contribution in [-0.4, -0.2) is 41.4 Å². The quantitative estimate of drug-likeness (QED) is 0.858. The Kier molecular flexibility index (Phi) is 3.78. The van der Waals surface area contributed by atoms with Gasteiger partial charge in [-0.3, -0.25) is 4.79 Å². The number of alkyl halides is 2. The summed E-state index contributed by atoms with van der Waals surface area (Å²) >= 11 is 0. The molecule has 6 heteroatoms. The summed E-state index contributed by atoms with van der Waals surface area (Å²) in [5.41, 5.74) is 0.445. The molecule has 0 atom stereocenters.